The molecule has 16 heavy (non-hydrogen) atoms. The van der Waals surface area contributed by atoms with Crippen LogP contribution in [-0.2, 0) is 22.4 Å². The molecule has 1 amide bonds. The van der Waals surface area contributed by atoms with Gasteiger partial charge in [-0.1, -0.05) is 24.3 Å². The predicted octanol–water partition coefficient (Wildman–Crippen LogP) is 0.265. The summed E-state index contributed by atoms with van der Waals surface area (Å²) in [6, 6.07) is 7.49. The van der Waals surface area contributed by atoms with E-state index in [-0.39, 0.29) is 0 Å². The maximum Gasteiger partial charge on any atom is 0.327 e. The molecule has 5 heteroatoms. The van der Waals surface area contributed by atoms with Crippen molar-refractivity contribution in [2.75, 3.05) is 0 Å². The summed E-state index contributed by atoms with van der Waals surface area (Å²) in [5, 5.41) is 11.4. The van der Waals surface area contributed by atoms with Gasteiger partial charge in [-0.2, -0.15) is 6.41 Å². The first-order valence-electron chi connectivity index (χ1n) is 4.62. The zero-order chi connectivity index (χ0) is 10.9. The number of carboxylic acid groups (broad SMARTS) is 1. The van der Waals surface area contributed by atoms with Gasteiger partial charge in [-0.15, -0.1) is 0 Å². The van der Waals surface area contributed by atoms with Crippen LogP contribution in [0.1, 0.15) is 11.1 Å². The molecule has 1 aromatic carbocycles. The van der Waals surface area contributed by atoms with Crippen molar-refractivity contribution < 1.29 is 14.7 Å². The Morgan fingerprint density at radius 3 is 2.19 bits per heavy atom. The van der Waals surface area contributed by atoms with Crippen molar-refractivity contribution in [3.8, 4) is 0 Å². The summed E-state index contributed by atoms with van der Waals surface area (Å²) in [7, 11) is 0. The summed E-state index contributed by atoms with van der Waals surface area (Å²) in [6.45, 7) is 0. The number of benzene rings is 1. The molecule has 0 unspecified atom stereocenters. The molecule has 4 nitrogen and oxygen atoms in total. The average molecular weight is 461 g/mol. The van der Waals surface area contributed by atoms with Crippen molar-refractivity contribution in [1.29, 1.82) is 0 Å². The largest absolute Gasteiger partial charge is 0.520 e. The smallest absolute Gasteiger partial charge is 0.327 e. The SMILES string of the molecule is O=[C-]NC1(C(=O)O)Cc2ccccc2C1.[Fm]. The van der Waals surface area contributed by atoms with E-state index in [1.807, 2.05) is 24.3 Å². The monoisotopic (exact) mass is 461 g/mol. The molecular weight excluding hydrogens is 451 g/mol. The number of amides is 1. The molecule has 0 saturated heterocycles. The van der Waals surface area contributed by atoms with E-state index in [0.717, 1.165) is 11.1 Å². The van der Waals surface area contributed by atoms with Crippen LogP contribution in [0.15, 0.2) is 24.3 Å². The van der Waals surface area contributed by atoms with E-state index in [1.54, 1.807) is 0 Å². The fourth-order valence-corrected chi connectivity index (χ4v) is 2.01. The second-order valence-electron chi connectivity index (χ2n) is 3.74. The van der Waals surface area contributed by atoms with Gasteiger partial charge in [0.25, 0.3) is 0 Å². The summed E-state index contributed by atoms with van der Waals surface area (Å²) in [5.41, 5.74) is 0.746. The quantitative estimate of drug-likeness (QED) is 0.502. The molecule has 2 rings (SSSR count). The van der Waals surface area contributed by atoms with Gasteiger partial charge < -0.3 is 15.2 Å². The second kappa shape index (κ2) is 3.73. The summed E-state index contributed by atoms with van der Waals surface area (Å²) in [5.74, 6) is -1.01. The van der Waals surface area contributed by atoms with Crippen LogP contribution in [-0.4, -0.2) is 23.0 Å². The Balaban J connectivity index is 0.00000128. The van der Waals surface area contributed by atoms with Gasteiger partial charge in [0.05, 0.1) is 0 Å². The number of fused-ring (bicyclic) bond motifs is 1. The van der Waals surface area contributed by atoms with E-state index in [9.17, 15) is 9.59 Å². The zero-order valence-electron chi connectivity index (χ0n) is 8.28. The van der Waals surface area contributed by atoms with Gasteiger partial charge in [-0.05, 0) is 11.1 Å². The van der Waals surface area contributed by atoms with Crippen molar-refractivity contribution in [2.24, 2.45) is 0 Å². The van der Waals surface area contributed by atoms with Crippen molar-refractivity contribution in [3.63, 3.8) is 0 Å². The van der Waals surface area contributed by atoms with Gasteiger partial charge in [-0.25, -0.2) is 4.79 Å². The molecular formula is C11H10FmNO3-. The summed E-state index contributed by atoms with van der Waals surface area (Å²) < 4.78 is 0. The van der Waals surface area contributed by atoms with Gasteiger partial charge in [-0.3, -0.25) is 0 Å². The maximum atomic E-state index is 11.1. The minimum Gasteiger partial charge on any atom is -0.520 e. The van der Waals surface area contributed by atoms with Crippen LogP contribution >= 0.6 is 0 Å². The number of rotatable bonds is 3. The normalized spacial score (nSPS) is 15.8. The third kappa shape index (κ3) is 1.45. The number of aliphatic carboxylic acids is 1. The number of carbonyl (C=O) groups is 1. The van der Waals surface area contributed by atoms with Gasteiger partial charge >= 0.3 is 5.97 Å². The number of hydrogen-bond acceptors (Lipinski definition) is 2. The molecule has 0 atom stereocenters. The molecule has 1 aromatic rings. The molecule has 0 spiro atoms. The standard InChI is InChI=1S/C11H10NO3.Fm/c13-7-12-11(10(14)15)5-8-3-1-2-4-9(8)6-11;/h1-4H,5-6H2,(H,12,13)(H,14,15);/q-1;. The molecule has 0 bridgehead atoms. The van der Waals surface area contributed by atoms with Crippen molar-refractivity contribution in [1.82, 2.24) is 5.32 Å². The Bertz CT molecular complexity index is 394. The van der Waals surface area contributed by atoms with E-state index in [2.05, 4.69) is 5.32 Å². The van der Waals surface area contributed by atoms with Gasteiger partial charge in [0.2, 0.25) is 0 Å². The molecule has 0 radical (unpaired) electrons. The summed E-state index contributed by atoms with van der Waals surface area (Å²) in [4.78, 5) is 21.5. The van der Waals surface area contributed by atoms with Crippen LogP contribution in [0.2, 0.25) is 0 Å². The fraction of sp³-hybridized carbons (Fsp3) is 0.273. The van der Waals surface area contributed by atoms with E-state index in [4.69, 9.17) is 5.11 Å². The molecule has 0 heterocycles. The molecule has 0 saturated carbocycles. The van der Waals surface area contributed by atoms with Crippen LogP contribution < -0.4 is 5.32 Å². The first kappa shape index (κ1) is 11.2. The molecule has 90 valence electrons. The number of hydrogen-bond donors (Lipinski definition) is 2. The Morgan fingerprint density at radius 1 is 1.31 bits per heavy atom. The fourth-order valence-electron chi connectivity index (χ4n) is 2.01. The molecule has 1 aliphatic rings. The number of carbonyl (C=O) groups excluding carboxylic acids is 1. The first-order valence-corrected chi connectivity index (χ1v) is 4.62. The van der Waals surface area contributed by atoms with E-state index < -0.39 is 11.5 Å². The van der Waals surface area contributed by atoms with Crippen molar-refractivity contribution >= 4 is 12.4 Å². The average Bonchev–Trinajstić information content (AvgIpc) is 2.57. The van der Waals surface area contributed by atoms with Crippen LogP contribution in [0, 0.1) is 0 Å². The maximum absolute atomic E-state index is 11.1. The second-order valence-corrected chi connectivity index (χ2v) is 3.74. The minimum absolute atomic E-state index is 0. The summed E-state index contributed by atoms with van der Waals surface area (Å²) in [6.07, 6.45) is 2.14. The molecule has 0 aliphatic heterocycles. The third-order valence-corrected chi connectivity index (χ3v) is 2.80. The number of carboxylic acids is 1. The van der Waals surface area contributed by atoms with Gasteiger partial charge in [0, 0.05) is 12.8 Å². The van der Waals surface area contributed by atoms with E-state index in [0.29, 0.717) is 12.8 Å². The van der Waals surface area contributed by atoms with Crippen LogP contribution in [0.5, 0.6) is 0 Å². The Hall–Kier alpha value is -2.84. The number of nitrogens with one attached hydrogen (secondary N) is 1. The topological polar surface area (TPSA) is 66.4 Å². The molecule has 2 N–H and O–H groups in total. The van der Waals surface area contributed by atoms with E-state index in [1.165, 1.54) is 6.41 Å². The Labute approximate surface area is 86.9 Å². The molecule has 0 fully saturated rings. The van der Waals surface area contributed by atoms with E-state index >= 15 is 0 Å². The van der Waals surface area contributed by atoms with Crippen LogP contribution in [0.25, 0.3) is 0 Å². The Morgan fingerprint density at radius 2 is 1.81 bits per heavy atom. The van der Waals surface area contributed by atoms with Crippen LogP contribution in [0.3, 0.4) is 0 Å². The van der Waals surface area contributed by atoms with Gasteiger partial charge in [0.1, 0.15) is 5.54 Å². The molecule has 1 aliphatic carbocycles. The van der Waals surface area contributed by atoms with Crippen molar-refractivity contribution in [3.05, 3.63) is 35.4 Å². The minimum atomic E-state index is -1.20. The predicted molar refractivity (Wildman–Crippen MR) is 53.0 cm³/mol. The van der Waals surface area contributed by atoms with Crippen LogP contribution in [0.4, 0.5) is 0 Å². The Kier molecular flexibility index (Phi) is 2.62. The third-order valence-electron chi connectivity index (χ3n) is 2.80. The van der Waals surface area contributed by atoms with Gasteiger partial charge in [0.15, 0.2) is 0 Å². The molecule has 0 aromatic heterocycles. The van der Waals surface area contributed by atoms with Crippen molar-refractivity contribution in [2.45, 2.75) is 18.4 Å². The zero-order valence-corrected chi connectivity index (χ0v) is 10.7. The first-order chi connectivity index (χ1) is 7.18. The summed E-state index contributed by atoms with van der Waals surface area (Å²) >= 11 is 0.